The molecule has 0 spiro atoms. The maximum Gasteiger partial charge on any atom is 0.247 e. The molecule has 0 atom stereocenters. The van der Waals surface area contributed by atoms with Crippen LogP contribution >= 0.6 is 0 Å². The van der Waals surface area contributed by atoms with Gasteiger partial charge >= 0.3 is 0 Å². The standard InChI is InChI=1S/C9H8N4O/c10-9-12-4-7(5-13-9)6-1-2-8(14)11-3-6/h1-5H,(H,11,14)(H2,10,12,13). The van der Waals surface area contributed by atoms with Gasteiger partial charge in [-0.05, 0) is 6.07 Å². The lowest BCUT2D eigenvalue weighted by molar-refractivity contribution is 1.18. The van der Waals surface area contributed by atoms with Crippen molar-refractivity contribution in [3.05, 3.63) is 41.1 Å². The molecule has 0 saturated heterocycles. The van der Waals surface area contributed by atoms with E-state index in [4.69, 9.17) is 5.73 Å². The molecule has 2 aromatic heterocycles. The number of nitrogens with two attached hydrogens (primary N) is 1. The van der Waals surface area contributed by atoms with Gasteiger partial charge in [0.25, 0.3) is 0 Å². The minimum atomic E-state index is -0.134. The molecule has 5 heteroatoms. The van der Waals surface area contributed by atoms with Gasteiger partial charge in [-0.1, -0.05) is 0 Å². The van der Waals surface area contributed by atoms with E-state index < -0.39 is 0 Å². The van der Waals surface area contributed by atoms with Crippen LogP contribution < -0.4 is 11.3 Å². The van der Waals surface area contributed by atoms with Gasteiger partial charge < -0.3 is 10.7 Å². The van der Waals surface area contributed by atoms with Crippen LogP contribution in [0.4, 0.5) is 5.95 Å². The number of hydrogen-bond donors (Lipinski definition) is 2. The van der Waals surface area contributed by atoms with E-state index in [1.165, 1.54) is 6.07 Å². The summed E-state index contributed by atoms with van der Waals surface area (Å²) in [5, 5.41) is 0. The highest BCUT2D eigenvalue weighted by Crippen LogP contribution is 2.14. The van der Waals surface area contributed by atoms with E-state index >= 15 is 0 Å². The van der Waals surface area contributed by atoms with Gasteiger partial charge in [0.1, 0.15) is 0 Å². The van der Waals surface area contributed by atoms with Crippen molar-refractivity contribution in [2.75, 3.05) is 5.73 Å². The molecule has 0 fully saturated rings. The fourth-order valence-electron chi connectivity index (χ4n) is 1.08. The lowest BCUT2D eigenvalue weighted by Gasteiger charge is -1.98. The zero-order valence-corrected chi connectivity index (χ0v) is 7.27. The SMILES string of the molecule is Nc1ncc(-c2ccc(=O)[nH]c2)cn1. The summed E-state index contributed by atoms with van der Waals surface area (Å²) in [6, 6.07) is 3.15. The van der Waals surface area contributed by atoms with E-state index in [0.717, 1.165) is 11.1 Å². The van der Waals surface area contributed by atoms with Crippen LogP contribution in [-0.2, 0) is 0 Å². The molecule has 0 radical (unpaired) electrons. The Balaban J connectivity index is 2.44. The maximum absolute atomic E-state index is 10.8. The molecule has 5 nitrogen and oxygen atoms in total. The number of anilines is 1. The predicted octanol–water partition coefficient (Wildman–Crippen LogP) is 0.414. The van der Waals surface area contributed by atoms with Gasteiger partial charge in [0, 0.05) is 35.8 Å². The van der Waals surface area contributed by atoms with Crippen LogP contribution in [-0.4, -0.2) is 15.0 Å². The van der Waals surface area contributed by atoms with Crippen molar-refractivity contribution >= 4 is 5.95 Å². The Morgan fingerprint density at radius 2 is 1.86 bits per heavy atom. The molecule has 70 valence electrons. The predicted molar refractivity (Wildman–Crippen MR) is 52.5 cm³/mol. The summed E-state index contributed by atoms with van der Waals surface area (Å²) in [6.07, 6.45) is 4.82. The molecule has 0 bridgehead atoms. The topological polar surface area (TPSA) is 84.7 Å². The van der Waals surface area contributed by atoms with Gasteiger partial charge in [-0.2, -0.15) is 0 Å². The minimum absolute atomic E-state index is 0.134. The average molecular weight is 188 g/mol. The van der Waals surface area contributed by atoms with E-state index in [1.54, 1.807) is 24.7 Å². The van der Waals surface area contributed by atoms with Gasteiger partial charge in [0.15, 0.2) is 0 Å². The van der Waals surface area contributed by atoms with Crippen LogP contribution in [0, 0.1) is 0 Å². The second kappa shape index (κ2) is 3.29. The number of rotatable bonds is 1. The first-order valence-electron chi connectivity index (χ1n) is 4.02. The largest absolute Gasteiger partial charge is 0.368 e. The Bertz CT molecular complexity index is 468. The monoisotopic (exact) mass is 188 g/mol. The summed E-state index contributed by atoms with van der Waals surface area (Å²) in [4.78, 5) is 21.1. The molecule has 0 aliphatic carbocycles. The van der Waals surface area contributed by atoms with Gasteiger partial charge in [-0.3, -0.25) is 4.79 Å². The molecule has 0 aliphatic heterocycles. The normalized spacial score (nSPS) is 10.0. The highest BCUT2D eigenvalue weighted by molar-refractivity contribution is 5.60. The molecule has 14 heavy (non-hydrogen) atoms. The first-order chi connectivity index (χ1) is 6.75. The molecule has 0 saturated carbocycles. The summed E-state index contributed by atoms with van der Waals surface area (Å²) in [7, 11) is 0. The molecule has 0 amide bonds. The zero-order chi connectivity index (χ0) is 9.97. The number of hydrogen-bond acceptors (Lipinski definition) is 4. The van der Waals surface area contributed by atoms with Gasteiger partial charge in [-0.15, -0.1) is 0 Å². The molecule has 3 N–H and O–H groups in total. The lowest BCUT2D eigenvalue weighted by atomic mass is 10.2. The van der Waals surface area contributed by atoms with Crippen molar-refractivity contribution in [1.29, 1.82) is 0 Å². The van der Waals surface area contributed by atoms with Crippen LogP contribution in [0.1, 0.15) is 0 Å². The van der Waals surface area contributed by atoms with Gasteiger partial charge in [0.05, 0.1) is 0 Å². The average Bonchev–Trinajstić information content (AvgIpc) is 2.21. The van der Waals surface area contributed by atoms with Crippen molar-refractivity contribution in [3.8, 4) is 11.1 Å². The molecular weight excluding hydrogens is 180 g/mol. The summed E-state index contributed by atoms with van der Waals surface area (Å²) in [6.45, 7) is 0. The second-order valence-electron chi connectivity index (χ2n) is 2.77. The molecule has 2 aromatic rings. The molecule has 0 unspecified atom stereocenters. The number of pyridine rings is 1. The quantitative estimate of drug-likeness (QED) is 0.679. The van der Waals surface area contributed by atoms with Crippen molar-refractivity contribution in [3.63, 3.8) is 0 Å². The molecule has 0 aromatic carbocycles. The van der Waals surface area contributed by atoms with E-state index in [9.17, 15) is 4.79 Å². The molecule has 0 aliphatic rings. The van der Waals surface area contributed by atoms with Gasteiger partial charge in [-0.25, -0.2) is 9.97 Å². The number of H-pyrrole nitrogens is 1. The first-order valence-corrected chi connectivity index (χ1v) is 4.02. The van der Waals surface area contributed by atoms with E-state index in [0.29, 0.717) is 0 Å². The highest BCUT2D eigenvalue weighted by Gasteiger charge is 1.97. The molecule has 2 rings (SSSR count). The van der Waals surface area contributed by atoms with Crippen molar-refractivity contribution < 1.29 is 0 Å². The third-order valence-electron chi connectivity index (χ3n) is 1.79. The summed E-state index contributed by atoms with van der Waals surface area (Å²) in [5.74, 6) is 0.234. The Labute approximate surface area is 79.6 Å². The Morgan fingerprint density at radius 1 is 1.14 bits per heavy atom. The van der Waals surface area contributed by atoms with Gasteiger partial charge in [0.2, 0.25) is 11.5 Å². The van der Waals surface area contributed by atoms with Crippen LogP contribution in [0.2, 0.25) is 0 Å². The third kappa shape index (κ3) is 1.61. The number of nitrogen functional groups attached to an aromatic ring is 1. The second-order valence-corrected chi connectivity index (χ2v) is 2.77. The number of aromatic amines is 1. The molecular formula is C9H8N4O. The minimum Gasteiger partial charge on any atom is -0.368 e. The van der Waals surface area contributed by atoms with Crippen molar-refractivity contribution in [1.82, 2.24) is 15.0 Å². The first kappa shape index (κ1) is 8.43. The number of nitrogens with zero attached hydrogens (tertiary/aromatic N) is 2. The summed E-state index contributed by atoms with van der Waals surface area (Å²) < 4.78 is 0. The van der Waals surface area contributed by atoms with E-state index in [2.05, 4.69) is 15.0 Å². The van der Waals surface area contributed by atoms with Crippen LogP contribution in [0.15, 0.2) is 35.5 Å². The van der Waals surface area contributed by atoms with E-state index in [1.807, 2.05) is 0 Å². The van der Waals surface area contributed by atoms with Crippen LogP contribution in [0.3, 0.4) is 0 Å². The Hall–Kier alpha value is -2.17. The van der Waals surface area contributed by atoms with Crippen molar-refractivity contribution in [2.24, 2.45) is 0 Å². The Kier molecular flexibility index (Phi) is 1.98. The lowest BCUT2D eigenvalue weighted by Crippen LogP contribution is -2.01. The van der Waals surface area contributed by atoms with Crippen molar-refractivity contribution in [2.45, 2.75) is 0 Å². The third-order valence-corrected chi connectivity index (χ3v) is 1.79. The Morgan fingerprint density at radius 3 is 2.43 bits per heavy atom. The fraction of sp³-hybridized carbons (Fsp3) is 0. The highest BCUT2D eigenvalue weighted by atomic mass is 16.1. The number of aromatic nitrogens is 3. The van der Waals surface area contributed by atoms with Crippen LogP contribution in [0.5, 0.6) is 0 Å². The smallest absolute Gasteiger partial charge is 0.247 e. The summed E-state index contributed by atoms with van der Waals surface area (Å²) in [5.41, 5.74) is 6.88. The maximum atomic E-state index is 10.8. The number of nitrogens with one attached hydrogen (secondary N) is 1. The zero-order valence-electron chi connectivity index (χ0n) is 7.27. The van der Waals surface area contributed by atoms with Crippen LogP contribution in [0.25, 0.3) is 11.1 Å². The summed E-state index contributed by atoms with van der Waals surface area (Å²) >= 11 is 0. The molecule has 2 heterocycles. The van der Waals surface area contributed by atoms with E-state index in [-0.39, 0.29) is 11.5 Å². The fourth-order valence-corrected chi connectivity index (χ4v) is 1.08.